The number of aromatic nitrogens is 4. The Morgan fingerprint density at radius 3 is 2.48 bits per heavy atom. The molecule has 1 aromatic carbocycles. The summed E-state index contributed by atoms with van der Waals surface area (Å²) >= 11 is 0. The average molecular weight is 393 g/mol. The lowest BCUT2D eigenvalue weighted by molar-refractivity contribution is 0.180. The van der Waals surface area contributed by atoms with Gasteiger partial charge in [0.15, 0.2) is 11.8 Å². The van der Waals surface area contributed by atoms with Gasteiger partial charge < -0.3 is 20.3 Å². The second-order valence-corrected chi connectivity index (χ2v) is 6.84. The number of rotatable bonds is 7. The van der Waals surface area contributed by atoms with Gasteiger partial charge in [0.25, 0.3) is 0 Å². The normalized spacial score (nSPS) is 13.7. The molecule has 2 atom stereocenters. The fourth-order valence-corrected chi connectivity index (χ4v) is 2.82. The van der Waals surface area contributed by atoms with Gasteiger partial charge >= 0.3 is 0 Å². The maximum atomic E-state index is 10.5. The van der Waals surface area contributed by atoms with Crippen molar-refractivity contribution in [3.8, 4) is 0 Å². The zero-order chi connectivity index (χ0) is 20.6. The molecule has 0 aliphatic carbocycles. The summed E-state index contributed by atoms with van der Waals surface area (Å²) in [5, 5.41) is 25.3. The van der Waals surface area contributed by atoms with Crippen LogP contribution in [0.2, 0.25) is 0 Å². The summed E-state index contributed by atoms with van der Waals surface area (Å²) in [5.74, 6) is 2.20. The minimum absolute atomic E-state index is 0.0433. The lowest BCUT2D eigenvalue weighted by Gasteiger charge is -2.20. The molecule has 3 rings (SSSR count). The van der Waals surface area contributed by atoms with Crippen LogP contribution in [0, 0.1) is 6.92 Å². The van der Waals surface area contributed by atoms with Crippen molar-refractivity contribution >= 4 is 5.96 Å². The number of pyridine rings is 1. The highest BCUT2D eigenvalue weighted by Crippen LogP contribution is 2.12. The van der Waals surface area contributed by atoms with E-state index in [0.29, 0.717) is 19.0 Å². The molecular formula is C21H27N7O. The van der Waals surface area contributed by atoms with E-state index in [1.54, 1.807) is 24.5 Å². The predicted molar refractivity (Wildman–Crippen MR) is 112 cm³/mol. The Morgan fingerprint density at radius 1 is 1.10 bits per heavy atom. The molecule has 29 heavy (non-hydrogen) atoms. The van der Waals surface area contributed by atoms with Gasteiger partial charge in [0.1, 0.15) is 12.4 Å². The monoisotopic (exact) mass is 393 g/mol. The Kier molecular flexibility index (Phi) is 6.91. The van der Waals surface area contributed by atoms with Crippen LogP contribution in [0.15, 0.2) is 59.9 Å². The largest absolute Gasteiger partial charge is 0.387 e. The zero-order valence-electron chi connectivity index (χ0n) is 16.9. The third-order valence-corrected chi connectivity index (χ3v) is 4.77. The third-order valence-electron chi connectivity index (χ3n) is 4.77. The molecule has 0 saturated heterocycles. The third kappa shape index (κ3) is 5.61. The molecule has 2 unspecified atom stereocenters. The first-order chi connectivity index (χ1) is 14.0. The molecule has 0 fully saturated rings. The van der Waals surface area contributed by atoms with Crippen molar-refractivity contribution in [2.75, 3.05) is 6.54 Å². The van der Waals surface area contributed by atoms with E-state index < -0.39 is 6.10 Å². The van der Waals surface area contributed by atoms with E-state index in [1.165, 1.54) is 0 Å². The minimum Gasteiger partial charge on any atom is -0.387 e. The van der Waals surface area contributed by atoms with Crippen LogP contribution in [0.3, 0.4) is 0 Å². The van der Waals surface area contributed by atoms with Crippen LogP contribution in [0.25, 0.3) is 0 Å². The van der Waals surface area contributed by atoms with Crippen LogP contribution >= 0.6 is 0 Å². The van der Waals surface area contributed by atoms with Crippen molar-refractivity contribution in [3.63, 3.8) is 0 Å². The molecule has 0 spiro atoms. The maximum Gasteiger partial charge on any atom is 0.192 e. The van der Waals surface area contributed by atoms with Crippen molar-refractivity contribution in [3.05, 3.63) is 77.6 Å². The molecule has 0 bridgehead atoms. The molecule has 2 heterocycles. The maximum absolute atomic E-state index is 10.5. The van der Waals surface area contributed by atoms with Crippen molar-refractivity contribution in [1.29, 1.82) is 0 Å². The van der Waals surface area contributed by atoms with Gasteiger partial charge in [0.2, 0.25) is 0 Å². The van der Waals surface area contributed by atoms with Crippen molar-refractivity contribution < 1.29 is 5.11 Å². The highest BCUT2D eigenvalue weighted by molar-refractivity contribution is 5.80. The van der Waals surface area contributed by atoms with Gasteiger partial charge in [0.05, 0.1) is 12.1 Å². The number of aliphatic imine (C=N–C) groups is 1. The van der Waals surface area contributed by atoms with Crippen molar-refractivity contribution in [2.24, 2.45) is 12.0 Å². The van der Waals surface area contributed by atoms with Crippen molar-refractivity contribution in [1.82, 2.24) is 30.4 Å². The van der Waals surface area contributed by atoms with Crippen molar-refractivity contribution in [2.45, 2.75) is 32.5 Å². The molecule has 0 amide bonds. The van der Waals surface area contributed by atoms with Crippen LogP contribution in [-0.4, -0.2) is 37.4 Å². The Bertz CT molecular complexity index is 925. The molecular weight excluding hydrogens is 366 g/mol. The number of hydrogen-bond acceptors (Lipinski definition) is 5. The molecule has 0 aliphatic rings. The topological polar surface area (TPSA) is 100 Å². The number of guanidine groups is 1. The van der Waals surface area contributed by atoms with Gasteiger partial charge in [0, 0.05) is 26.0 Å². The van der Waals surface area contributed by atoms with Crippen LogP contribution in [0.1, 0.15) is 41.8 Å². The summed E-state index contributed by atoms with van der Waals surface area (Å²) < 4.78 is 1.91. The highest BCUT2D eigenvalue weighted by Gasteiger charge is 2.12. The molecule has 0 saturated carbocycles. The molecule has 3 aromatic rings. The zero-order valence-corrected chi connectivity index (χ0v) is 16.9. The van der Waals surface area contributed by atoms with Gasteiger partial charge in [-0.1, -0.05) is 30.3 Å². The van der Waals surface area contributed by atoms with Gasteiger partial charge in [-0.2, -0.15) is 0 Å². The fourth-order valence-electron chi connectivity index (χ4n) is 2.82. The number of aryl methyl sites for hydroxylation is 1. The molecule has 152 valence electrons. The number of aliphatic hydroxyl groups excluding tert-OH is 1. The number of aliphatic hydroxyl groups is 1. The van der Waals surface area contributed by atoms with Crippen LogP contribution < -0.4 is 10.6 Å². The lowest BCUT2D eigenvalue weighted by atomic mass is 10.1. The number of benzene rings is 1. The van der Waals surface area contributed by atoms with E-state index in [9.17, 15) is 5.11 Å². The van der Waals surface area contributed by atoms with E-state index in [1.807, 2.05) is 36.7 Å². The number of nitrogens with one attached hydrogen (secondary N) is 2. The molecule has 0 radical (unpaired) electrons. The van der Waals surface area contributed by atoms with Crippen LogP contribution in [-0.2, 0) is 13.6 Å². The molecule has 8 nitrogen and oxygen atoms in total. The lowest BCUT2D eigenvalue weighted by Crippen LogP contribution is -2.40. The average Bonchev–Trinajstić information content (AvgIpc) is 3.08. The summed E-state index contributed by atoms with van der Waals surface area (Å²) in [6.07, 6.45) is 2.66. The molecule has 8 heteroatoms. The summed E-state index contributed by atoms with van der Waals surface area (Å²) in [6.45, 7) is 4.66. The van der Waals surface area contributed by atoms with E-state index in [2.05, 4.69) is 49.9 Å². The Balaban J connectivity index is 1.71. The fraction of sp³-hybridized carbons (Fsp3) is 0.333. The SMILES string of the molecule is Cc1nnc(CN=C(NCC(O)c2ccncc2)NC(C)c2ccccc2)n1C. The Hall–Kier alpha value is -3.26. The van der Waals surface area contributed by atoms with Gasteiger partial charge in [-0.15, -0.1) is 10.2 Å². The first-order valence-electron chi connectivity index (χ1n) is 9.57. The predicted octanol–water partition coefficient (Wildman–Crippen LogP) is 2.05. The first kappa shape index (κ1) is 20.5. The van der Waals surface area contributed by atoms with Crippen LogP contribution in [0.5, 0.6) is 0 Å². The summed E-state index contributed by atoms with van der Waals surface area (Å²) in [7, 11) is 1.92. The number of hydrogen-bond donors (Lipinski definition) is 3. The Labute approximate surface area is 170 Å². The standard InChI is InChI=1S/C21H27N7O/c1-15(17-7-5-4-6-8-17)25-21(24-14-20-27-26-16(2)28(20)3)23-13-19(29)18-9-11-22-12-10-18/h4-12,15,19,29H,13-14H2,1-3H3,(H2,23,24,25). The molecule has 2 aromatic heterocycles. The number of nitrogens with zero attached hydrogens (tertiary/aromatic N) is 5. The molecule has 0 aliphatic heterocycles. The van der Waals surface area contributed by atoms with E-state index in [-0.39, 0.29) is 6.04 Å². The van der Waals surface area contributed by atoms with Gasteiger partial charge in [-0.25, -0.2) is 4.99 Å². The molecule has 3 N–H and O–H groups in total. The van der Waals surface area contributed by atoms with Gasteiger partial charge in [-0.3, -0.25) is 4.98 Å². The van der Waals surface area contributed by atoms with Gasteiger partial charge in [-0.05, 0) is 37.1 Å². The second kappa shape index (κ2) is 9.79. The quantitative estimate of drug-likeness (QED) is 0.420. The minimum atomic E-state index is -0.672. The van der Waals surface area contributed by atoms with E-state index in [4.69, 9.17) is 0 Å². The first-order valence-corrected chi connectivity index (χ1v) is 9.57. The van der Waals surface area contributed by atoms with E-state index in [0.717, 1.165) is 22.8 Å². The summed E-state index contributed by atoms with van der Waals surface area (Å²) in [5.41, 5.74) is 1.94. The summed E-state index contributed by atoms with van der Waals surface area (Å²) in [4.78, 5) is 8.63. The van der Waals surface area contributed by atoms with Crippen LogP contribution in [0.4, 0.5) is 0 Å². The highest BCUT2D eigenvalue weighted by atomic mass is 16.3. The smallest absolute Gasteiger partial charge is 0.192 e. The Morgan fingerprint density at radius 2 is 1.83 bits per heavy atom. The second-order valence-electron chi connectivity index (χ2n) is 6.84. The van der Waals surface area contributed by atoms with E-state index >= 15 is 0 Å². The summed E-state index contributed by atoms with van der Waals surface area (Å²) in [6, 6.07) is 13.8.